The molecule has 0 saturated heterocycles. The van der Waals surface area contributed by atoms with Gasteiger partial charge in [-0.1, -0.05) is 6.07 Å². The molecule has 2 aromatic heterocycles. The molecule has 134 valence electrons. The standard InChI is InChI=1S/C18H15F3N4O/c1-11-7-16-22-9-13-10-24(6-5-15(13)25(16)23-11)17(26)12-3-2-4-14(8-12)18(19,20)21/h2-4,7-9H,5-6,10H2,1H3. The number of halogens is 3. The van der Waals surface area contributed by atoms with E-state index in [4.69, 9.17) is 0 Å². The Bertz CT molecular complexity index is 1010. The molecule has 26 heavy (non-hydrogen) atoms. The zero-order chi connectivity index (χ0) is 18.5. The van der Waals surface area contributed by atoms with Crippen molar-refractivity contribution in [3.8, 4) is 0 Å². The first-order valence-electron chi connectivity index (χ1n) is 8.12. The fourth-order valence-corrected chi connectivity index (χ4v) is 3.24. The Labute approximate surface area is 147 Å². The van der Waals surface area contributed by atoms with Crippen molar-refractivity contribution in [2.24, 2.45) is 0 Å². The van der Waals surface area contributed by atoms with Gasteiger partial charge in [0.15, 0.2) is 5.65 Å². The van der Waals surface area contributed by atoms with E-state index in [0.717, 1.165) is 34.7 Å². The number of carbonyl (C=O) groups excluding carboxylic acids is 1. The number of rotatable bonds is 1. The average molecular weight is 360 g/mol. The summed E-state index contributed by atoms with van der Waals surface area (Å²) in [6.07, 6.45) is -2.20. The quantitative estimate of drug-likeness (QED) is 0.669. The molecule has 1 aliphatic rings. The van der Waals surface area contributed by atoms with Crippen LogP contribution in [0.15, 0.2) is 36.5 Å². The van der Waals surface area contributed by atoms with Gasteiger partial charge in [-0.25, -0.2) is 9.50 Å². The van der Waals surface area contributed by atoms with Gasteiger partial charge in [0, 0.05) is 42.9 Å². The van der Waals surface area contributed by atoms with E-state index in [1.165, 1.54) is 12.1 Å². The van der Waals surface area contributed by atoms with Crippen LogP contribution in [0.2, 0.25) is 0 Å². The number of hydrogen-bond acceptors (Lipinski definition) is 3. The minimum Gasteiger partial charge on any atom is -0.334 e. The predicted octanol–water partition coefficient (Wildman–Crippen LogP) is 3.26. The van der Waals surface area contributed by atoms with Crippen LogP contribution in [0.4, 0.5) is 13.2 Å². The second-order valence-electron chi connectivity index (χ2n) is 6.34. The summed E-state index contributed by atoms with van der Waals surface area (Å²) >= 11 is 0. The van der Waals surface area contributed by atoms with Crippen molar-refractivity contribution in [3.63, 3.8) is 0 Å². The summed E-state index contributed by atoms with van der Waals surface area (Å²) in [5.41, 5.74) is 2.65. The number of fused-ring (bicyclic) bond motifs is 3. The Kier molecular flexibility index (Phi) is 3.71. The summed E-state index contributed by atoms with van der Waals surface area (Å²) in [6.45, 7) is 2.60. The molecule has 0 aliphatic carbocycles. The van der Waals surface area contributed by atoms with Gasteiger partial charge in [0.05, 0.1) is 17.0 Å². The van der Waals surface area contributed by atoms with E-state index in [2.05, 4.69) is 10.1 Å². The Hall–Kier alpha value is -2.90. The van der Waals surface area contributed by atoms with Crippen LogP contribution in [0.25, 0.3) is 5.65 Å². The molecule has 0 bridgehead atoms. The highest BCUT2D eigenvalue weighted by Gasteiger charge is 2.32. The van der Waals surface area contributed by atoms with Crippen LogP contribution in [-0.2, 0) is 19.1 Å². The van der Waals surface area contributed by atoms with Gasteiger partial charge in [-0.15, -0.1) is 0 Å². The van der Waals surface area contributed by atoms with E-state index < -0.39 is 17.6 Å². The van der Waals surface area contributed by atoms with E-state index in [9.17, 15) is 18.0 Å². The van der Waals surface area contributed by atoms with E-state index >= 15 is 0 Å². The molecule has 1 amide bonds. The van der Waals surface area contributed by atoms with Gasteiger partial charge in [-0.3, -0.25) is 4.79 Å². The van der Waals surface area contributed by atoms with Gasteiger partial charge >= 0.3 is 6.18 Å². The first-order chi connectivity index (χ1) is 12.3. The average Bonchev–Trinajstić information content (AvgIpc) is 3.00. The summed E-state index contributed by atoms with van der Waals surface area (Å²) in [4.78, 5) is 18.6. The van der Waals surface area contributed by atoms with Crippen LogP contribution in [-0.4, -0.2) is 31.9 Å². The lowest BCUT2D eigenvalue weighted by molar-refractivity contribution is -0.137. The summed E-state index contributed by atoms with van der Waals surface area (Å²) in [6, 6.07) is 6.40. The van der Waals surface area contributed by atoms with Crippen molar-refractivity contribution < 1.29 is 18.0 Å². The molecule has 8 heteroatoms. The monoisotopic (exact) mass is 360 g/mol. The largest absolute Gasteiger partial charge is 0.416 e. The van der Waals surface area contributed by atoms with Gasteiger partial charge in [0.25, 0.3) is 5.91 Å². The minimum absolute atomic E-state index is 0.0345. The zero-order valence-electron chi connectivity index (χ0n) is 13.9. The smallest absolute Gasteiger partial charge is 0.334 e. The Balaban J connectivity index is 1.63. The van der Waals surface area contributed by atoms with Crippen LogP contribution < -0.4 is 0 Å². The Morgan fingerprint density at radius 2 is 2.04 bits per heavy atom. The molecule has 0 unspecified atom stereocenters. The van der Waals surface area contributed by atoms with Crippen LogP contribution in [0.1, 0.15) is 32.9 Å². The number of hydrogen-bond donors (Lipinski definition) is 0. The number of benzene rings is 1. The molecular formula is C18H15F3N4O. The molecule has 3 heterocycles. The van der Waals surface area contributed by atoms with Gasteiger partial charge in [0.2, 0.25) is 0 Å². The number of aromatic nitrogens is 3. The first-order valence-corrected chi connectivity index (χ1v) is 8.12. The van der Waals surface area contributed by atoms with Gasteiger partial charge < -0.3 is 4.90 Å². The lowest BCUT2D eigenvalue weighted by Gasteiger charge is -2.29. The predicted molar refractivity (Wildman–Crippen MR) is 87.6 cm³/mol. The van der Waals surface area contributed by atoms with Crippen molar-refractivity contribution in [2.45, 2.75) is 26.1 Å². The molecule has 0 N–H and O–H groups in total. The van der Waals surface area contributed by atoms with Crippen molar-refractivity contribution in [1.82, 2.24) is 19.5 Å². The van der Waals surface area contributed by atoms with Crippen molar-refractivity contribution >= 4 is 11.6 Å². The highest BCUT2D eigenvalue weighted by molar-refractivity contribution is 5.94. The summed E-state index contributed by atoms with van der Waals surface area (Å²) < 4.78 is 40.4. The third-order valence-electron chi connectivity index (χ3n) is 4.50. The maximum atomic E-state index is 12.9. The second-order valence-corrected chi connectivity index (χ2v) is 6.34. The van der Waals surface area contributed by atoms with Gasteiger partial charge in [-0.05, 0) is 25.1 Å². The lowest BCUT2D eigenvalue weighted by Crippen LogP contribution is -2.37. The minimum atomic E-state index is -4.47. The number of aryl methyl sites for hydroxylation is 1. The highest BCUT2D eigenvalue weighted by Crippen LogP contribution is 2.30. The molecular weight excluding hydrogens is 345 g/mol. The number of alkyl halides is 3. The third-order valence-corrected chi connectivity index (χ3v) is 4.50. The van der Waals surface area contributed by atoms with Crippen LogP contribution in [0.5, 0.6) is 0 Å². The normalized spacial score (nSPS) is 14.5. The molecule has 3 aromatic rings. The van der Waals surface area contributed by atoms with E-state index in [0.29, 0.717) is 19.5 Å². The van der Waals surface area contributed by atoms with E-state index in [-0.39, 0.29) is 5.56 Å². The maximum Gasteiger partial charge on any atom is 0.416 e. The molecule has 0 fully saturated rings. The van der Waals surface area contributed by atoms with Crippen LogP contribution in [0.3, 0.4) is 0 Å². The molecule has 5 nitrogen and oxygen atoms in total. The zero-order valence-corrected chi connectivity index (χ0v) is 13.9. The fourth-order valence-electron chi connectivity index (χ4n) is 3.24. The summed E-state index contributed by atoms with van der Waals surface area (Å²) in [7, 11) is 0. The lowest BCUT2D eigenvalue weighted by atomic mass is 10.0. The summed E-state index contributed by atoms with van der Waals surface area (Å²) in [5, 5.41) is 4.42. The van der Waals surface area contributed by atoms with Gasteiger partial charge in [-0.2, -0.15) is 18.3 Å². The highest BCUT2D eigenvalue weighted by atomic mass is 19.4. The topological polar surface area (TPSA) is 50.5 Å². The number of carbonyl (C=O) groups is 1. The molecule has 0 spiro atoms. The molecule has 0 atom stereocenters. The molecule has 1 aliphatic heterocycles. The van der Waals surface area contributed by atoms with Crippen molar-refractivity contribution in [2.75, 3.05) is 6.54 Å². The Morgan fingerprint density at radius 3 is 2.81 bits per heavy atom. The SMILES string of the molecule is Cc1cc2ncc3c(n2n1)CCN(C(=O)c1cccc(C(F)(F)F)c1)C3. The first kappa shape index (κ1) is 16.6. The molecule has 0 saturated carbocycles. The van der Waals surface area contributed by atoms with Crippen molar-refractivity contribution in [3.05, 3.63) is 64.6 Å². The Morgan fingerprint density at radius 1 is 1.23 bits per heavy atom. The number of amides is 1. The second kappa shape index (κ2) is 5.82. The molecule has 1 aromatic carbocycles. The fraction of sp³-hybridized carbons (Fsp3) is 0.278. The van der Waals surface area contributed by atoms with Gasteiger partial charge in [0.1, 0.15) is 0 Å². The maximum absolute atomic E-state index is 12.9. The molecule has 4 rings (SSSR count). The van der Waals surface area contributed by atoms with E-state index in [1.54, 1.807) is 15.6 Å². The third kappa shape index (κ3) is 2.81. The van der Waals surface area contributed by atoms with E-state index in [1.807, 2.05) is 13.0 Å². The van der Waals surface area contributed by atoms with Crippen LogP contribution in [0, 0.1) is 6.92 Å². The molecule has 0 radical (unpaired) electrons. The van der Waals surface area contributed by atoms with Crippen molar-refractivity contribution in [1.29, 1.82) is 0 Å². The number of nitrogens with zero attached hydrogens (tertiary/aromatic N) is 4. The summed E-state index contributed by atoms with van der Waals surface area (Å²) in [5.74, 6) is -0.418. The van der Waals surface area contributed by atoms with Crippen LogP contribution >= 0.6 is 0 Å².